The van der Waals surface area contributed by atoms with Crippen LogP contribution >= 0.6 is 11.8 Å². The Kier molecular flexibility index (Phi) is 3.72. The van der Waals surface area contributed by atoms with Crippen LogP contribution in [0.1, 0.15) is 11.1 Å². The first kappa shape index (κ1) is 14.2. The summed E-state index contributed by atoms with van der Waals surface area (Å²) in [6, 6.07) is 23.2. The Hall–Kier alpha value is -2.39. The van der Waals surface area contributed by atoms with E-state index >= 15 is 0 Å². The molecular weight excluding hydrogens is 302 g/mol. The SMILES string of the molecule is COc1cccc(Cc2cccc3c2Nc2ccccc2S3)c1. The van der Waals surface area contributed by atoms with Gasteiger partial charge in [0.25, 0.3) is 0 Å². The number of hydrogen-bond donors (Lipinski definition) is 1. The van der Waals surface area contributed by atoms with Crippen LogP contribution in [0.25, 0.3) is 0 Å². The quantitative estimate of drug-likeness (QED) is 0.539. The van der Waals surface area contributed by atoms with Crippen molar-refractivity contribution in [3.8, 4) is 5.75 Å². The van der Waals surface area contributed by atoms with E-state index in [1.54, 1.807) is 7.11 Å². The van der Waals surface area contributed by atoms with Gasteiger partial charge in [0.05, 0.1) is 18.5 Å². The highest BCUT2D eigenvalue weighted by Gasteiger charge is 2.17. The van der Waals surface area contributed by atoms with Gasteiger partial charge < -0.3 is 10.1 Å². The van der Waals surface area contributed by atoms with Crippen molar-refractivity contribution in [1.82, 2.24) is 0 Å². The zero-order valence-corrected chi connectivity index (χ0v) is 13.7. The van der Waals surface area contributed by atoms with Crippen LogP contribution < -0.4 is 10.1 Å². The molecule has 3 aromatic carbocycles. The van der Waals surface area contributed by atoms with Gasteiger partial charge in [-0.1, -0.05) is 48.2 Å². The fraction of sp³-hybridized carbons (Fsp3) is 0.100. The topological polar surface area (TPSA) is 21.3 Å². The first-order valence-electron chi connectivity index (χ1n) is 7.62. The van der Waals surface area contributed by atoms with E-state index in [4.69, 9.17) is 4.74 Å². The van der Waals surface area contributed by atoms with Crippen LogP contribution in [0.4, 0.5) is 11.4 Å². The van der Waals surface area contributed by atoms with Gasteiger partial charge in [0, 0.05) is 9.79 Å². The fourth-order valence-corrected chi connectivity index (χ4v) is 3.91. The highest BCUT2D eigenvalue weighted by atomic mass is 32.2. The van der Waals surface area contributed by atoms with Crippen molar-refractivity contribution in [3.05, 3.63) is 77.9 Å². The molecule has 1 aliphatic heterocycles. The minimum absolute atomic E-state index is 0.885. The molecule has 2 nitrogen and oxygen atoms in total. The van der Waals surface area contributed by atoms with E-state index in [0.29, 0.717) is 0 Å². The summed E-state index contributed by atoms with van der Waals surface area (Å²) in [5.74, 6) is 0.903. The Labute approximate surface area is 140 Å². The Morgan fingerprint density at radius 2 is 1.74 bits per heavy atom. The first-order chi connectivity index (χ1) is 11.3. The smallest absolute Gasteiger partial charge is 0.119 e. The number of benzene rings is 3. The molecule has 3 heteroatoms. The number of fused-ring (bicyclic) bond motifs is 2. The molecule has 23 heavy (non-hydrogen) atoms. The van der Waals surface area contributed by atoms with Crippen molar-refractivity contribution in [2.45, 2.75) is 16.2 Å². The Morgan fingerprint density at radius 3 is 2.65 bits per heavy atom. The van der Waals surface area contributed by atoms with Crippen molar-refractivity contribution >= 4 is 23.1 Å². The third kappa shape index (κ3) is 2.80. The maximum atomic E-state index is 5.33. The summed E-state index contributed by atoms with van der Waals surface area (Å²) >= 11 is 1.83. The molecule has 114 valence electrons. The summed E-state index contributed by atoms with van der Waals surface area (Å²) in [6.45, 7) is 0. The van der Waals surface area contributed by atoms with Crippen LogP contribution in [0.3, 0.4) is 0 Å². The lowest BCUT2D eigenvalue weighted by Crippen LogP contribution is -2.03. The Bertz CT molecular complexity index is 860. The van der Waals surface area contributed by atoms with Crippen molar-refractivity contribution < 1.29 is 4.74 Å². The number of hydrogen-bond acceptors (Lipinski definition) is 3. The second kappa shape index (κ2) is 6.01. The molecular formula is C20H17NOS. The van der Waals surface area contributed by atoms with Gasteiger partial charge in [0.1, 0.15) is 5.75 Å². The highest BCUT2D eigenvalue weighted by molar-refractivity contribution is 7.99. The predicted octanol–water partition coefficient (Wildman–Crippen LogP) is 5.49. The predicted molar refractivity (Wildman–Crippen MR) is 96.1 cm³/mol. The number of rotatable bonds is 3. The van der Waals surface area contributed by atoms with Crippen molar-refractivity contribution in [1.29, 1.82) is 0 Å². The molecule has 0 amide bonds. The minimum atomic E-state index is 0.885. The van der Waals surface area contributed by atoms with Crippen LogP contribution in [0.2, 0.25) is 0 Å². The monoisotopic (exact) mass is 319 g/mol. The fourth-order valence-electron chi connectivity index (χ4n) is 2.87. The van der Waals surface area contributed by atoms with Crippen molar-refractivity contribution in [2.75, 3.05) is 12.4 Å². The zero-order valence-electron chi connectivity index (χ0n) is 12.9. The third-order valence-electron chi connectivity index (χ3n) is 4.01. The molecule has 0 aromatic heterocycles. The highest BCUT2D eigenvalue weighted by Crippen LogP contribution is 2.45. The van der Waals surface area contributed by atoms with Crippen LogP contribution in [-0.2, 0) is 6.42 Å². The van der Waals surface area contributed by atoms with E-state index in [2.05, 4.69) is 59.9 Å². The number of anilines is 2. The molecule has 0 saturated heterocycles. The molecule has 0 atom stereocenters. The molecule has 0 unspecified atom stereocenters. The van der Waals surface area contributed by atoms with Crippen molar-refractivity contribution in [2.24, 2.45) is 0 Å². The summed E-state index contributed by atoms with van der Waals surface area (Å²) in [6.07, 6.45) is 0.885. The molecule has 3 aromatic rings. The largest absolute Gasteiger partial charge is 0.497 e. The van der Waals surface area contributed by atoms with Gasteiger partial charge in [-0.25, -0.2) is 0 Å². The lowest BCUT2D eigenvalue weighted by Gasteiger charge is -2.23. The van der Waals surface area contributed by atoms with Gasteiger partial charge in [-0.2, -0.15) is 0 Å². The number of nitrogens with one attached hydrogen (secondary N) is 1. The van der Waals surface area contributed by atoms with Crippen LogP contribution in [-0.4, -0.2) is 7.11 Å². The van der Waals surface area contributed by atoms with Gasteiger partial charge in [0.15, 0.2) is 0 Å². The number of ether oxygens (including phenoxy) is 1. The van der Waals surface area contributed by atoms with E-state index < -0.39 is 0 Å². The lowest BCUT2D eigenvalue weighted by molar-refractivity contribution is 0.414. The number of para-hydroxylation sites is 2. The molecule has 1 heterocycles. The van der Waals surface area contributed by atoms with Gasteiger partial charge in [0.2, 0.25) is 0 Å². The van der Waals surface area contributed by atoms with Crippen LogP contribution in [0.5, 0.6) is 5.75 Å². The van der Waals surface area contributed by atoms with E-state index in [0.717, 1.165) is 12.2 Å². The lowest BCUT2D eigenvalue weighted by atomic mass is 10.0. The summed E-state index contributed by atoms with van der Waals surface area (Å²) in [4.78, 5) is 2.56. The second-order valence-electron chi connectivity index (χ2n) is 5.54. The maximum Gasteiger partial charge on any atom is 0.119 e. The first-order valence-corrected chi connectivity index (χ1v) is 8.44. The molecule has 0 saturated carbocycles. The van der Waals surface area contributed by atoms with E-state index in [-0.39, 0.29) is 0 Å². The Balaban J connectivity index is 1.69. The summed E-state index contributed by atoms with van der Waals surface area (Å²) in [5.41, 5.74) is 4.96. The maximum absolute atomic E-state index is 5.33. The molecule has 0 fully saturated rings. The van der Waals surface area contributed by atoms with Gasteiger partial charge in [-0.15, -0.1) is 0 Å². The summed E-state index contributed by atoms with van der Waals surface area (Å²) < 4.78 is 5.33. The van der Waals surface area contributed by atoms with Gasteiger partial charge >= 0.3 is 0 Å². The van der Waals surface area contributed by atoms with E-state index in [1.165, 1.54) is 32.3 Å². The number of methoxy groups -OCH3 is 1. The molecule has 0 spiro atoms. The molecule has 1 aliphatic rings. The molecule has 4 rings (SSSR count). The van der Waals surface area contributed by atoms with Crippen molar-refractivity contribution in [3.63, 3.8) is 0 Å². The molecule has 0 bridgehead atoms. The Morgan fingerprint density at radius 1 is 0.913 bits per heavy atom. The molecule has 1 N–H and O–H groups in total. The minimum Gasteiger partial charge on any atom is -0.497 e. The molecule has 0 aliphatic carbocycles. The standard InChI is InChI=1S/C20H17NOS/c1-22-16-8-4-6-14(13-16)12-15-7-5-11-19-20(15)21-17-9-2-3-10-18(17)23-19/h2-11,13,21H,12H2,1H3. The van der Waals surface area contributed by atoms with E-state index in [9.17, 15) is 0 Å². The normalized spacial score (nSPS) is 12.0. The van der Waals surface area contributed by atoms with Crippen LogP contribution in [0.15, 0.2) is 76.5 Å². The van der Waals surface area contributed by atoms with E-state index in [1.807, 2.05) is 23.9 Å². The summed E-state index contributed by atoms with van der Waals surface area (Å²) in [7, 11) is 1.71. The zero-order chi connectivity index (χ0) is 15.6. The van der Waals surface area contributed by atoms with Gasteiger partial charge in [-0.3, -0.25) is 0 Å². The average molecular weight is 319 g/mol. The average Bonchev–Trinajstić information content (AvgIpc) is 2.60. The summed E-state index contributed by atoms with van der Waals surface area (Å²) in [5, 5.41) is 3.61. The van der Waals surface area contributed by atoms with Crippen LogP contribution in [0, 0.1) is 0 Å². The third-order valence-corrected chi connectivity index (χ3v) is 5.14. The second-order valence-corrected chi connectivity index (χ2v) is 6.63. The van der Waals surface area contributed by atoms with Gasteiger partial charge in [-0.05, 0) is 47.9 Å². The molecule has 0 radical (unpaired) electrons.